The number of amides is 3. The molecule has 126 valence electrons. The van der Waals surface area contributed by atoms with Gasteiger partial charge in [-0.3, -0.25) is 4.79 Å². The van der Waals surface area contributed by atoms with Gasteiger partial charge in [-0.05, 0) is 39.2 Å². The second-order valence-corrected chi connectivity index (χ2v) is 6.81. The van der Waals surface area contributed by atoms with Crippen molar-refractivity contribution in [2.75, 3.05) is 0 Å². The first-order valence-electron chi connectivity index (χ1n) is 8.07. The van der Waals surface area contributed by atoms with Gasteiger partial charge in [-0.2, -0.15) is 5.10 Å². The number of aromatic nitrogens is 1. The Morgan fingerprint density at radius 2 is 2.00 bits per heavy atom. The summed E-state index contributed by atoms with van der Waals surface area (Å²) in [6.45, 7) is 12.9. The molecule has 0 bridgehead atoms. The Bertz CT molecular complexity index is 660. The monoisotopic (exact) mass is 318 g/mol. The predicted molar refractivity (Wildman–Crippen MR) is 90.4 cm³/mol. The second-order valence-electron chi connectivity index (χ2n) is 6.81. The number of hydrogen-bond donors (Lipinski definition) is 1. The van der Waals surface area contributed by atoms with Crippen LogP contribution in [0.15, 0.2) is 11.2 Å². The fraction of sp³-hybridized carbons (Fsp3) is 0.588. The number of rotatable bonds is 5. The Morgan fingerprint density at radius 1 is 1.35 bits per heavy atom. The van der Waals surface area contributed by atoms with Gasteiger partial charge in [0.1, 0.15) is 5.54 Å². The number of aryl methyl sites for hydroxylation is 1. The predicted octanol–water partition coefficient (Wildman–Crippen LogP) is 2.82. The molecule has 1 aliphatic heterocycles. The minimum absolute atomic E-state index is 0.308. The number of carbonyl (C=O) groups is 2. The molecule has 1 aliphatic rings. The van der Waals surface area contributed by atoms with Gasteiger partial charge in [-0.25, -0.2) is 4.79 Å². The molecule has 0 saturated carbocycles. The molecule has 23 heavy (non-hydrogen) atoms. The van der Waals surface area contributed by atoms with Crippen LogP contribution in [-0.2, 0) is 11.3 Å². The van der Waals surface area contributed by atoms with Crippen molar-refractivity contribution in [1.82, 2.24) is 14.9 Å². The first-order valence-corrected chi connectivity index (χ1v) is 8.07. The van der Waals surface area contributed by atoms with Gasteiger partial charge in [0.15, 0.2) is 0 Å². The van der Waals surface area contributed by atoms with Gasteiger partial charge in [-0.15, -0.1) is 5.01 Å². The Labute approximate surface area is 137 Å². The van der Waals surface area contributed by atoms with Crippen LogP contribution in [0.5, 0.6) is 0 Å². The van der Waals surface area contributed by atoms with E-state index in [1.807, 2.05) is 19.9 Å². The maximum Gasteiger partial charge on any atom is 0.346 e. The Morgan fingerprint density at radius 3 is 2.52 bits per heavy atom. The number of nitrogens with zero attached hydrogens (tertiary/aromatic N) is 3. The minimum atomic E-state index is -0.858. The SMILES string of the molecule is CCC1(C)NC(=O)N(/N=C/c2cc(C)n(CC(C)C)c2C)C1=O. The van der Waals surface area contributed by atoms with E-state index in [4.69, 9.17) is 0 Å². The topological polar surface area (TPSA) is 66.7 Å². The molecule has 1 N–H and O–H groups in total. The van der Waals surface area contributed by atoms with Crippen molar-refractivity contribution in [3.8, 4) is 0 Å². The quantitative estimate of drug-likeness (QED) is 0.670. The summed E-state index contributed by atoms with van der Waals surface area (Å²) in [5.74, 6) is 0.234. The Kier molecular flexibility index (Phi) is 4.63. The lowest BCUT2D eigenvalue weighted by atomic mass is 10.00. The summed E-state index contributed by atoms with van der Waals surface area (Å²) in [5.41, 5.74) is 2.30. The molecule has 6 heteroatoms. The van der Waals surface area contributed by atoms with Gasteiger partial charge >= 0.3 is 6.03 Å². The highest BCUT2D eigenvalue weighted by Gasteiger charge is 2.46. The van der Waals surface area contributed by atoms with Crippen LogP contribution in [0.2, 0.25) is 0 Å². The van der Waals surface area contributed by atoms with Crippen LogP contribution in [0.1, 0.15) is 51.1 Å². The molecule has 2 heterocycles. The fourth-order valence-electron chi connectivity index (χ4n) is 2.74. The normalized spacial score (nSPS) is 21.8. The van der Waals surface area contributed by atoms with Gasteiger partial charge < -0.3 is 9.88 Å². The largest absolute Gasteiger partial charge is 0.348 e. The summed E-state index contributed by atoms with van der Waals surface area (Å²) in [5, 5.41) is 7.75. The van der Waals surface area contributed by atoms with Crippen LogP contribution in [0.25, 0.3) is 0 Å². The van der Waals surface area contributed by atoms with E-state index in [0.29, 0.717) is 12.3 Å². The van der Waals surface area contributed by atoms with E-state index < -0.39 is 11.6 Å². The molecule has 0 spiro atoms. The maximum absolute atomic E-state index is 12.3. The summed E-state index contributed by atoms with van der Waals surface area (Å²) in [6, 6.07) is 1.56. The van der Waals surface area contributed by atoms with Crippen molar-refractivity contribution >= 4 is 18.2 Å². The molecular formula is C17H26N4O2. The molecule has 3 amide bonds. The molecule has 1 atom stereocenters. The highest BCUT2D eigenvalue weighted by molar-refractivity contribution is 6.07. The first-order chi connectivity index (χ1) is 10.7. The van der Waals surface area contributed by atoms with Gasteiger partial charge in [0.25, 0.3) is 5.91 Å². The molecule has 2 rings (SSSR count). The van der Waals surface area contributed by atoms with Crippen LogP contribution in [-0.4, -0.2) is 33.3 Å². The lowest BCUT2D eigenvalue weighted by Crippen LogP contribution is -2.42. The molecule has 0 aromatic carbocycles. The third-order valence-electron chi connectivity index (χ3n) is 4.42. The van der Waals surface area contributed by atoms with Gasteiger partial charge in [0.05, 0.1) is 6.21 Å². The molecule has 1 saturated heterocycles. The van der Waals surface area contributed by atoms with Crippen molar-refractivity contribution in [2.24, 2.45) is 11.0 Å². The molecule has 1 fully saturated rings. The molecule has 0 aliphatic carbocycles. The first kappa shape index (κ1) is 17.2. The third kappa shape index (κ3) is 3.16. The van der Waals surface area contributed by atoms with Crippen molar-refractivity contribution < 1.29 is 9.59 Å². The van der Waals surface area contributed by atoms with E-state index in [2.05, 4.69) is 35.8 Å². The number of nitrogens with one attached hydrogen (secondary N) is 1. The van der Waals surface area contributed by atoms with E-state index in [0.717, 1.165) is 28.5 Å². The molecule has 6 nitrogen and oxygen atoms in total. The third-order valence-corrected chi connectivity index (χ3v) is 4.42. The fourth-order valence-corrected chi connectivity index (χ4v) is 2.74. The summed E-state index contributed by atoms with van der Waals surface area (Å²) in [6.07, 6.45) is 2.13. The Hall–Kier alpha value is -2.11. The van der Waals surface area contributed by atoms with Gasteiger partial charge in [-0.1, -0.05) is 20.8 Å². The molecule has 0 radical (unpaired) electrons. The number of carbonyl (C=O) groups excluding carboxylic acids is 2. The van der Waals surface area contributed by atoms with E-state index in [1.54, 1.807) is 13.1 Å². The van der Waals surface area contributed by atoms with Crippen molar-refractivity contribution in [3.63, 3.8) is 0 Å². The van der Waals surface area contributed by atoms with E-state index in [1.165, 1.54) is 0 Å². The summed E-state index contributed by atoms with van der Waals surface area (Å²) in [4.78, 5) is 24.3. The summed E-state index contributed by atoms with van der Waals surface area (Å²) >= 11 is 0. The highest BCUT2D eigenvalue weighted by Crippen LogP contribution is 2.21. The van der Waals surface area contributed by atoms with Gasteiger partial charge in [0.2, 0.25) is 0 Å². The number of imide groups is 1. The van der Waals surface area contributed by atoms with E-state index in [-0.39, 0.29) is 5.91 Å². The van der Waals surface area contributed by atoms with Crippen LogP contribution < -0.4 is 5.32 Å². The van der Waals surface area contributed by atoms with Crippen LogP contribution >= 0.6 is 0 Å². The van der Waals surface area contributed by atoms with Crippen molar-refractivity contribution in [3.05, 3.63) is 23.0 Å². The molecule has 1 aromatic rings. The molecule has 1 unspecified atom stereocenters. The zero-order chi connectivity index (χ0) is 17.4. The molecule has 1 aromatic heterocycles. The second kappa shape index (κ2) is 6.18. The smallest absolute Gasteiger partial charge is 0.346 e. The number of hydrazone groups is 1. The zero-order valence-electron chi connectivity index (χ0n) is 14.8. The highest BCUT2D eigenvalue weighted by atomic mass is 16.2. The number of urea groups is 1. The zero-order valence-corrected chi connectivity index (χ0v) is 14.8. The average molecular weight is 318 g/mol. The lowest BCUT2D eigenvalue weighted by Gasteiger charge is -2.17. The number of hydrogen-bond acceptors (Lipinski definition) is 3. The van der Waals surface area contributed by atoms with Crippen LogP contribution in [0.3, 0.4) is 0 Å². The summed E-state index contributed by atoms with van der Waals surface area (Å²) < 4.78 is 2.23. The maximum atomic E-state index is 12.3. The van der Waals surface area contributed by atoms with Crippen LogP contribution in [0, 0.1) is 19.8 Å². The minimum Gasteiger partial charge on any atom is -0.348 e. The van der Waals surface area contributed by atoms with Gasteiger partial charge in [0, 0.05) is 23.5 Å². The lowest BCUT2D eigenvalue weighted by molar-refractivity contribution is -0.130. The average Bonchev–Trinajstić information content (AvgIpc) is 2.86. The van der Waals surface area contributed by atoms with Crippen molar-refractivity contribution in [1.29, 1.82) is 0 Å². The van der Waals surface area contributed by atoms with Crippen molar-refractivity contribution in [2.45, 2.75) is 60.0 Å². The van der Waals surface area contributed by atoms with E-state index >= 15 is 0 Å². The summed E-state index contributed by atoms with van der Waals surface area (Å²) in [7, 11) is 0. The Balaban J connectivity index is 2.25. The molecular weight excluding hydrogens is 292 g/mol. The standard InChI is InChI=1S/C17H26N4O2/c1-7-17(6)15(22)21(16(23)19-17)18-9-14-8-12(4)20(13(14)5)10-11(2)3/h8-9,11H,7,10H2,1-6H3,(H,19,23)/b18-9+. The van der Waals surface area contributed by atoms with Crippen LogP contribution in [0.4, 0.5) is 4.79 Å². The van der Waals surface area contributed by atoms with E-state index in [9.17, 15) is 9.59 Å².